The Kier molecular flexibility index (Phi) is 2.62. The van der Waals surface area contributed by atoms with Gasteiger partial charge in [-0.2, -0.15) is 5.26 Å². The Morgan fingerprint density at radius 2 is 2.00 bits per heavy atom. The lowest BCUT2D eigenvalue weighted by atomic mass is 10.4. The molecule has 0 aliphatic rings. The van der Waals surface area contributed by atoms with E-state index in [2.05, 4.69) is 10.3 Å². The van der Waals surface area contributed by atoms with Crippen molar-refractivity contribution < 1.29 is 10.4 Å². The lowest BCUT2D eigenvalue weighted by molar-refractivity contribution is 0.314. The van der Waals surface area contributed by atoms with Gasteiger partial charge in [-0.25, -0.2) is 0 Å². The van der Waals surface area contributed by atoms with E-state index in [4.69, 9.17) is 21.4 Å². The highest BCUT2D eigenvalue weighted by Crippen LogP contribution is 1.73. The molecule has 0 atom stereocenters. The molecule has 0 aromatic rings. The molecule has 0 spiro atoms. The number of hydrogen-bond donors (Lipinski definition) is 3. The van der Waals surface area contributed by atoms with Crippen LogP contribution in [-0.2, 0) is 0 Å². The summed E-state index contributed by atoms with van der Waals surface area (Å²) in [6.45, 7) is 0. The van der Waals surface area contributed by atoms with Crippen LogP contribution in [0.15, 0.2) is 10.3 Å². The molecule has 0 aromatic carbocycles. The number of amidine groups is 1. The minimum absolute atomic E-state index is 0.514. The van der Waals surface area contributed by atoms with Gasteiger partial charge in [0, 0.05) is 0 Å². The highest BCUT2D eigenvalue weighted by atomic mass is 16.4. The van der Waals surface area contributed by atoms with Crippen molar-refractivity contribution in [3.8, 4) is 6.07 Å². The summed E-state index contributed by atoms with van der Waals surface area (Å²) < 4.78 is 0. The van der Waals surface area contributed by atoms with Crippen molar-refractivity contribution in [3.63, 3.8) is 0 Å². The average molecular weight is 128 g/mol. The van der Waals surface area contributed by atoms with Crippen LogP contribution in [0.1, 0.15) is 0 Å². The molecule has 0 saturated heterocycles. The predicted octanol–water partition coefficient (Wildman–Crippen LogP) is -0.913. The molecule has 6 heteroatoms. The highest BCUT2D eigenvalue weighted by Gasteiger charge is 2.02. The summed E-state index contributed by atoms with van der Waals surface area (Å²) in [5, 5.41) is 28.7. The number of oxime groups is 2. The van der Waals surface area contributed by atoms with E-state index < -0.39 is 11.5 Å². The van der Waals surface area contributed by atoms with E-state index in [9.17, 15) is 0 Å². The Labute approximate surface area is 50.5 Å². The van der Waals surface area contributed by atoms with Gasteiger partial charge < -0.3 is 16.1 Å². The molecule has 6 nitrogen and oxygen atoms in total. The maximum absolute atomic E-state index is 8.01. The lowest BCUT2D eigenvalue weighted by Gasteiger charge is -1.86. The summed E-state index contributed by atoms with van der Waals surface area (Å²) in [5.41, 5.74) is 4.31. The summed E-state index contributed by atoms with van der Waals surface area (Å²) in [5.74, 6) is -0.514. The van der Waals surface area contributed by atoms with Gasteiger partial charge in [0.15, 0.2) is 0 Å². The second-order valence-corrected chi connectivity index (χ2v) is 1.05. The molecule has 9 heavy (non-hydrogen) atoms. The number of hydrogen-bond acceptors (Lipinski definition) is 5. The zero-order chi connectivity index (χ0) is 7.28. The van der Waals surface area contributed by atoms with Gasteiger partial charge in [0.05, 0.1) is 0 Å². The molecule has 0 amide bonds. The lowest BCUT2D eigenvalue weighted by Crippen LogP contribution is -2.22. The molecule has 0 saturated carbocycles. The van der Waals surface area contributed by atoms with Crippen LogP contribution in [-0.4, -0.2) is 22.0 Å². The van der Waals surface area contributed by atoms with Crippen molar-refractivity contribution >= 4 is 11.5 Å². The predicted molar refractivity (Wildman–Crippen MR) is 28.2 cm³/mol. The smallest absolute Gasteiger partial charge is 0.224 e. The van der Waals surface area contributed by atoms with Crippen molar-refractivity contribution in [1.82, 2.24) is 0 Å². The van der Waals surface area contributed by atoms with Crippen LogP contribution in [0.3, 0.4) is 0 Å². The van der Waals surface area contributed by atoms with Gasteiger partial charge in [0.2, 0.25) is 11.5 Å². The SMILES string of the molecule is N#CC(=NO)/C(N)=N/O. The zero-order valence-corrected chi connectivity index (χ0v) is 4.31. The first-order valence-electron chi connectivity index (χ1n) is 1.86. The third-order valence-electron chi connectivity index (χ3n) is 0.556. The summed E-state index contributed by atoms with van der Waals surface area (Å²) in [6.07, 6.45) is 0. The molecule has 0 rings (SSSR count). The van der Waals surface area contributed by atoms with E-state index in [-0.39, 0.29) is 0 Å². The number of nitriles is 1. The van der Waals surface area contributed by atoms with Crippen LogP contribution >= 0.6 is 0 Å². The zero-order valence-electron chi connectivity index (χ0n) is 4.31. The third kappa shape index (κ3) is 1.65. The molecule has 4 N–H and O–H groups in total. The Morgan fingerprint density at radius 1 is 1.44 bits per heavy atom. The van der Waals surface area contributed by atoms with Crippen LogP contribution in [0.2, 0.25) is 0 Å². The molecular weight excluding hydrogens is 124 g/mol. The third-order valence-corrected chi connectivity index (χ3v) is 0.556. The summed E-state index contributed by atoms with van der Waals surface area (Å²) in [6, 6.07) is 1.39. The van der Waals surface area contributed by atoms with Crippen molar-refractivity contribution in [2.45, 2.75) is 0 Å². The summed E-state index contributed by atoms with van der Waals surface area (Å²) in [4.78, 5) is 0. The number of nitrogens with two attached hydrogens (primary N) is 1. The van der Waals surface area contributed by atoms with Crippen molar-refractivity contribution in [2.75, 3.05) is 0 Å². The molecule has 0 bridgehead atoms. The minimum Gasteiger partial charge on any atom is -0.410 e. The summed E-state index contributed by atoms with van der Waals surface area (Å²) in [7, 11) is 0. The van der Waals surface area contributed by atoms with Crippen LogP contribution in [0.4, 0.5) is 0 Å². The molecule has 0 radical (unpaired) electrons. The fourth-order valence-corrected chi connectivity index (χ4v) is 0.178. The van der Waals surface area contributed by atoms with E-state index in [0.717, 1.165) is 0 Å². The number of nitrogens with zero attached hydrogens (tertiary/aromatic N) is 3. The molecule has 0 aromatic heterocycles. The largest absolute Gasteiger partial charge is 0.410 e. The molecular formula is C3H4N4O2. The first-order chi connectivity index (χ1) is 4.26. The molecule has 0 unspecified atom stereocenters. The monoisotopic (exact) mass is 128 g/mol. The van der Waals surface area contributed by atoms with Gasteiger partial charge in [-0.15, -0.1) is 0 Å². The Bertz CT molecular complexity index is 188. The van der Waals surface area contributed by atoms with Gasteiger partial charge in [-0.1, -0.05) is 10.3 Å². The van der Waals surface area contributed by atoms with E-state index in [1.54, 1.807) is 0 Å². The van der Waals surface area contributed by atoms with Crippen LogP contribution < -0.4 is 5.73 Å². The maximum atomic E-state index is 8.01. The normalized spacial score (nSPS) is 12.8. The van der Waals surface area contributed by atoms with E-state index in [0.29, 0.717) is 0 Å². The quantitative estimate of drug-likeness (QED) is 0.183. The molecule has 0 aliphatic heterocycles. The van der Waals surface area contributed by atoms with Crippen LogP contribution in [0.25, 0.3) is 0 Å². The maximum Gasteiger partial charge on any atom is 0.224 e. The Balaban J connectivity index is 4.39. The highest BCUT2D eigenvalue weighted by molar-refractivity contribution is 6.46. The topological polar surface area (TPSA) is 115 Å². The van der Waals surface area contributed by atoms with Gasteiger partial charge in [-0.05, 0) is 0 Å². The van der Waals surface area contributed by atoms with E-state index in [1.165, 1.54) is 6.07 Å². The molecule has 0 aliphatic carbocycles. The second kappa shape index (κ2) is 3.26. The Hall–Kier alpha value is -1.77. The van der Waals surface area contributed by atoms with Crippen molar-refractivity contribution in [3.05, 3.63) is 0 Å². The molecule has 48 valence electrons. The Morgan fingerprint density at radius 3 is 2.11 bits per heavy atom. The second-order valence-electron chi connectivity index (χ2n) is 1.05. The van der Waals surface area contributed by atoms with Crippen LogP contribution in [0.5, 0.6) is 0 Å². The van der Waals surface area contributed by atoms with Crippen molar-refractivity contribution in [2.24, 2.45) is 16.0 Å². The van der Waals surface area contributed by atoms with E-state index in [1.807, 2.05) is 0 Å². The molecule has 0 heterocycles. The minimum atomic E-state index is -0.516. The summed E-state index contributed by atoms with van der Waals surface area (Å²) >= 11 is 0. The average Bonchev–Trinajstić information content (AvgIpc) is 1.90. The number of rotatable bonds is 1. The first-order valence-corrected chi connectivity index (χ1v) is 1.86. The fourth-order valence-electron chi connectivity index (χ4n) is 0.178. The molecule has 0 fully saturated rings. The van der Waals surface area contributed by atoms with Gasteiger partial charge >= 0.3 is 0 Å². The van der Waals surface area contributed by atoms with Gasteiger partial charge in [-0.3, -0.25) is 0 Å². The van der Waals surface area contributed by atoms with Crippen molar-refractivity contribution in [1.29, 1.82) is 5.26 Å². The van der Waals surface area contributed by atoms with E-state index >= 15 is 0 Å². The standard InChI is InChI=1S/C3H4N4O2/c4-1-2(6-8)3(5)7-9/h8-9H,(H2,5,7). The first kappa shape index (κ1) is 7.23. The fraction of sp³-hybridized carbons (Fsp3) is 0. The van der Waals surface area contributed by atoms with Crippen LogP contribution in [0, 0.1) is 11.3 Å². The van der Waals surface area contributed by atoms with Gasteiger partial charge in [0.25, 0.3) is 0 Å². The van der Waals surface area contributed by atoms with Gasteiger partial charge in [0.1, 0.15) is 6.07 Å².